The number of amides is 1. The van der Waals surface area contributed by atoms with Crippen molar-refractivity contribution in [2.45, 2.75) is 26.9 Å². The second-order valence-corrected chi connectivity index (χ2v) is 5.29. The van der Waals surface area contributed by atoms with Gasteiger partial charge in [-0.25, -0.2) is 0 Å². The Morgan fingerprint density at radius 3 is 2.42 bits per heavy atom. The maximum Gasteiger partial charge on any atom is 0.265 e. The lowest BCUT2D eigenvalue weighted by Gasteiger charge is -2.15. The van der Waals surface area contributed by atoms with Crippen molar-refractivity contribution >= 4 is 17.4 Å². The summed E-state index contributed by atoms with van der Waals surface area (Å²) in [4.78, 5) is 23.6. The maximum atomic E-state index is 12.2. The molecule has 0 radical (unpaired) electrons. The molecule has 0 fully saturated rings. The average Bonchev–Trinajstić information content (AvgIpc) is 2.57. The van der Waals surface area contributed by atoms with Crippen molar-refractivity contribution in [1.82, 2.24) is 0 Å². The summed E-state index contributed by atoms with van der Waals surface area (Å²) in [6.45, 7) is 5.65. The molecule has 1 N–H and O–H groups in total. The number of carbonyl (C=O) groups excluding carboxylic acids is 2. The molecule has 0 aromatic heterocycles. The van der Waals surface area contributed by atoms with E-state index in [1.165, 1.54) is 6.92 Å². The van der Waals surface area contributed by atoms with Gasteiger partial charge in [0.2, 0.25) is 0 Å². The van der Waals surface area contributed by atoms with Gasteiger partial charge < -0.3 is 14.8 Å². The second-order valence-electron chi connectivity index (χ2n) is 5.29. The molecule has 24 heavy (non-hydrogen) atoms. The van der Waals surface area contributed by atoms with E-state index in [0.29, 0.717) is 23.6 Å². The van der Waals surface area contributed by atoms with Crippen LogP contribution in [0.5, 0.6) is 11.5 Å². The van der Waals surface area contributed by atoms with Gasteiger partial charge in [0.05, 0.1) is 6.61 Å². The predicted molar refractivity (Wildman–Crippen MR) is 92.8 cm³/mol. The van der Waals surface area contributed by atoms with Crippen molar-refractivity contribution in [3.05, 3.63) is 54.1 Å². The van der Waals surface area contributed by atoms with Crippen LogP contribution in [-0.2, 0) is 4.79 Å². The summed E-state index contributed by atoms with van der Waals surface area (Å²) in [5.74, 6) is 0.914. The molecular formula is C19H21NO4. The normalized spacial score (nSPS) is 11.5. The third-order valence-electron chi connectivity index (χ3n) is 3.36. The van der Waals surface area contributed by atoms with E-state index in [2.05, 4.69) is 5.32 Å². The Bertz CT molecular complexity index is 710. The first kappa shape index (κ1) is 17.5. The van der Waals surface area contributed by atoms with Gasteiger partial charge in [-0.1, -0.05) is 12.1 Å². The predicted octanol–water partition coefficient (Wildman–Crippen LogP) is 3.69. The van der Waals surface area contributed by atoms with Crippen molar-refractivity contribution in [3.63, 3.8) is 0 Å². The Hall–Kier alpha value is -2.82. The van der Waals surface area contributed by atoms with Gasteiger partial charge in [-0.3, -0.25) is 9.59 Å². The van der Waals surface area contributed by atoms with Crippen LogP contribution in [0, 0.1) is 0 Å². The van der Waals surface area contributed by atoms with Crippen LogP contribution in [0.1, 0.15) is 31.1 Å². The fourth-order valence-corrected chi connectivity index (χ4v) is 2.09. The number of hydrogen-bond donors (Lipinski definition) is 1. The van der Waals surface area contributed by atoms with Gasteiger partial charge in [0.1, 0.15) is 11.5 Å². The van der Waals surface area contributed by atoms with Crippen molar-refractivity contribution in [2.24, 2.45) is 0 Å². The van der Waals surface area contributed by atoms with Gasteiger partial charge in [0.25, 0.3) is 5.91 Å². The highest BCUT2D eigenvalue weighted by Crippen LogP contribution is 2.18. The van der Waals surface area contributed by atoms with Gasteiger partial charge in [-0.05, 0) is 57.2 Å². The van der Waals surface area contributed by atoms with E-state index in [1.807, 2.05) is 6.92 Å². The van der Waals surface area contributed by atoms with E-state index in [-0.39, 0.29) is 11.7 Å². The third kappa shape index (κ3) is 4.84. The molecule has 5 heteroatoms. The highest BCUT2D eigenvalue weighted by Gasteiger charge is 2.15. The Labute approximate surface area is 141 Å². The minimum absolute atomic E-state index is 0.0491. The van der Waals surface area contributed by atoms with Crippen LogP contribution >= 0.6 is 0 Å². The summed E-state index contributed by atoms with van der Waals surface area (Å²) >= 11 is 0. The Balaban J connectivity index is 1.96. The molecule has 126 valence electrons. The molecule has 0 saturated carbocycles. The summed E-state index contributed by atoms with van der Waals surface area (Å²) in [5, 5.41) is 2.78. The highest BCUT2D eigenvalue weighted by molar-refractivity contribution is 5.95. The smallest absolute Gasteiger partial charge is 0.265 e. The molecular weight excluding hydrogens is 306 g/mol. The minimum atomic E-state index is -0.696. The number of Topliss-reactive ketones (excluding diaryl/α,β-unsaturated/α-hetero) is 1. The molecule has 0 aliphatic heterocycles. The van der Waals surface area contributed by atoms with Crippen molar-refractivity contribution < 1.29 is 19.1 Å². The van der Waals surface area contributed by atoms with Gasteiger partial charge >= 0.3 is 0 Å². The minimum Gasteiger partial charge on any atom is -0.494 e. The number of ketones is 1. The van der Waals surface area contributed by atoms with E-state index in [9.17, 15) is 9.59 Å². The number of carbonyl (C=O) groups is 2. The van der Waals surface area contributed by atoms with Crippen LogP contribution < -0.4 is 14.8 Å². The first-order chi connectivity index (χ1) is 11.5. The number of ether oxygens (including phenoxy) is 2. The standard InChI is InChI=1S/C19H21NO4/c1-4-23-17-10-8-16(9-11-17)20-19(22)14(3)24-18-7-5-6-15(12-18)13(2)21/h5-12,14H,4H2,1-3H3,(H,20,22)/t14-/m0/s1. The summed E-state index contributed by atoms with van der Waals surface area (Å²) in [7, 11) is 0. The molecule has 0 bridgehead atoms. The number of rotatable bonds is 7. The average molecular weight is 327 g/mol. The van der Waals surface area contributed by atoms with Gasteiger partial charge in [0.15, 0.2) is 11.9 Å². The monoisotopic (exact) mass is 327 g/mol. The third-order valence-corrected chi connectivity index (χ3v) is 3.36. The van der Waals surface area contributed by atoms with E-state index in [4.69, 9.17) is 9.47 Å². The largest absolute Gasteiger partial charge is 0.494 e. The Morgan fingerprint density at radius 2 is 1.79 bits per heavy atom. The SMILES string of the molecule is CCOc1ccc(NC(=O)[C@H](C)Oc2cccc(C(C)=O)c2)cc1. The molecule has 1 atom stereocenters. The number of nitrogens with one attached hydrogen (secondary N) is 1. The van der Waals surface area contributed by atoms with E-state index in [1.54, 1.807) is 55.5 Å². The van der Waals surface area contributed by atoms with Crippen molar-refractivity contribution in [1.29, 1.82) is 0 Å². The number of anilines is 1. The summed E-state index contributed by atoms with van der Waals surface area (Å²) in [6, 6.07) is 13.9. The molecule has 0 spiro atoms. The molecule has 2 aromatic carbocycles. The first-order valence-electron chi connectivity index (χ1n) is 7.81. The zero-order chi connectivity index (χ0) is 17.5. The molecule has 5 nitrogen and oxygen atoms in total. The topological polar surface area (TPSA) is 64.6 Å². The highest BCUT2D eigenvalue weighted by atomic mass is 16.5. The first-order valence-corrected chi connectivity index (χ1v) is 7.81. The van der Waals surface area contributed by atoms with Crippen LogP contribution in [0.2, 0.25) is 0 Å². The summed E-state index contributed by atoms with van der Waals surface area (Å²) < 4.78 is 11.0. The fraction of sp³-hybridized carbons (Fsp3) is 0.263. The van der Waals surface area contributed by atoms with Gasteiger partial charge in [0, 0.05) is 11.3 Å². The molecule has 0 heterocycles. The molecule has 0 aliphatic rings. The molecule has 0 unspecified atom stereocenters. The zero-order valence-electron chi connectivity index (χ0n) is 14.0. The van der Waals surface area contributed by atoms with Crippen LogP contribution in [0.3, 0.4) is 0 Å². The lowest BCUT2D eigenvalue weighted by molar-refractivity contribution is -0.122. The van der Waals surface area contributed by atoms with Crippen molar-refractivity contribution in [3.8, 4) is 11.5 Å². The van der Waals surface area contributed by atoms with E-state index < -0.39 is 6.10 Å². The number of benzene rings is 2. The molecule has 0 saturated heterocycles. The van der Waals surface area contributed by atoms with Crippen LogP contribution in [-0.4, -0.2) is 24.4 Å². The quantitative estimate of drug-likeness (QED) is 0.788. The van der Waals surface area contributed by atoms with Crippen LogP contribution in [0.15, 0.2) is 48.5 Å². The molecule has 2 aromatic rings. The zero-order valence-corrected chi connectivity index (χ0v) is 14.0. The maximum absolute atomic E-state index is 12.2. The van der Waals surface area contributed by atoms with Crippen LogP contribution in [0.25, 0.3) is 0 Å². The lowest BCUT2D eigenvalue weighted by Crippen LogP contribution is -2.30. The van der Waals surface area contributed by atoms with Gasteiger partial charge in [-0.15, -0.1) is 0 Å². The van der Waals surface area contributed by atoms with Gasteiger partial charge in [-0.2, -0.15) is 0 Å². The van der Waals surface area contributed by atoms with Crippen molar-refractivity contribution in [2.75, 3.05) is 11.9 Å². The van der Waals surface area contributed by atoms with E-state index >= 15 is 0 Å². The lowest BCUT2D eigenvalue weighted by atomic mass is 10.1. The fourth-order valence-electron chi connectivity index (χ4n) is 2.09. The van der Waals surface area contributed by atoms with E-state index in [0.717, 1.165) is 5.75 Å². The Kier molecular flexibility index (Phi) is 5.95. The second kappa shape index (κ2) is 8.15. The molecule has 2 rings (SSSR count). The summed E-state index contributed by atoms with van der Waals surface area (Å²) in [6.07, 6.45) is -0.696. The Morgan fingerprint density at radius 1 is 1.08 bits per heavy atom. The summed E-state index contributed by atoms with van der Waals surface area (Å²) in [5.41, 5.74) is 1.21. The number of hydrogen-bond acceptors (Lipinski definition) is 4. The van der Waals surface area contributed by atoms with Crippen LogP contribution in [0.4, 0.5) is 5.69 Å². The molecule has 1 amide bonds. The molecule has 0 aliphatic carbocycles.